The fourth-order valence-electron chi connectivity index (χ4n) is 1.86. The van der Waals surface area contributed by atoms with E-state index in [0.29, 0.717) is 6.54 Å². The summed E-state index contributed by atoms with van der Waals surface area (Å²) in [6.07, 6.45) is 4.93. The number of primary amides is 1. The molecule has 0 unspecified atom stereocenters. The number of aromatic nitrogens is 2. The van der Waals surface area contributed by atoms with Gasteiger partial charge in [0.05, 0.1) is 23.9 Å². The van der Waals surface area contributed by atoms with Crippen LogP contribution >= 0.6 is 0 Å². The number of hydrogen-bond donors (Lipinski definition) is 2. The number of carbonyl (C=O) groups excluding carboxylic acids is 1. The van der Waals surface area contributed by atoms with Gasteiger partial charge in [0, 0.05) is 25.5 Å². The fraction of sp³-hybridized carbons (Fsp3) is 0.231. The lowest BCUT2D eigenvalue weighted by Gasteiger charge is -2.10. The fourth-order valence-corrected chi connectivity index (χ4v) is 2.91. The van der Waals surface area contributed by atoms with Crippen LogP contribution < -0.4 is 15.2 Å². The van der Waals surface area contributed by atoms with Crippen molar-refractivity contribution in [3.8, 4) is 5.75 Å². The SMILES string of the molecule is COc1ccc(S(=O)(=O)NCCn2ccnc2)cc1C(N)=O. The van der Waals surface area contributed by atoms with Crippen molar-refractivity contribution in [2.75, 3.05) is 13.7 Å². The van der Waals surface area contributed by atoms with E-state index < -0.39 is 15.9 Å². The summed E-state index contributed by atoms with van der Waals surface area (Å²) in [5.74, 6) is -0.530. The van der Waals surface area contributed by atoms with Gasteiger partial charge in [-0.1, -0.05) is 0 Å². The van der Waals surface area contributed by atoms with Crippen LogP contribution in [0.25, 0.3) is 0 Å². The molecule has 0 bridgehead atoms. The number of nitrogens with one attached hydrogen (secondary N) is 1. The van der Waals surface area contributed by atoms with E-state index in [9.17, 15) is 13.2 Å². The summed E-state index contributed by atoms with van der Waals surface area (Å²) >= 11 is 0. The lowest BCUT2D eigenvalue weighted by Crippen LogP contribution is -2.27. The van der Waals surface area contributed by atoms with Crippen LogP contribution in [0.2, 0.25) is 0 Å². The third-order valence-electron chi connectivity index (χ3n) is 2.97. The van der Waals surface area contributed by atoms with Crippen LogP contribution in [0, 0.1) is 0 Å². The van der Waals surface area contributed by atoms with Gasteiger partial charge >= 0.3 is 0 Å². The zero-order valence-corrected chi connectivity index (χ0v) is 12.7. The van der Waals surface area contributed by atoms with Crippen molar-refractivity contribution in [2.24, 2.45) is 5.73 Å². The highest BCUT2D eigenvalue weighted by Crippen LogP contribution is 2.21. The topological polar surface area (TPSA) is 116 Å². The first-order valence-corrected chi connectivity index (χ1v) is 7.85. The normalized spacial score (nSPS) is 11.3. The molecule has 0 radical (unpaired) electrons. The smallest absolute Gasteiger partial charge is 0.252 e. The number of benzene rings is 1. The van der Waals surface area contributed by atoms with Crippen LogP contribution in [-0.2, 0) is 16.6 Å². The van der Waals surface area contributed by atoms with Crippen LogP contribution in [0.3, 0.4) is 0 Å². The van der Waals surface area contributed by atoms with Gasteiger partial charge in [0.2, 0.25) is 10.0 Å². The maximum absolute atomic E-state index is 12.2. The molecule has 1 heterocycles. The van der Waals surface area contributed by atoms with Crippen molar-refractivity contribution < 1.29 is 17.9 Å². The molecular formula is C13H16N4O4S. The van der Waals surface area contributed by atoms with Gasteiger partial charge in [-0.3, -0.25) is 4.79 Å². The number of imidazole rings is 1. The summed E-state index contributed by atoms with van der Waals surface area (Å²) in [7, 11) is -2.37. The zero-order chi connectivity index (χ0) is 16.2. The minimum absolute atomic E-state index is 0.0139. The number of rotatable bonds is 7. The number of carbonyl (C=O) groups is 1. The summed E-state index contributed by atoms with van der Waals surface area (Å²) < 4.78 is 33.6. The predicted octanol–water partition coefficient (Wildman–Crippen LogP) is -0.0309. The van der Waals surface area contributed by atoms with Crippen LogP contribution in [-0.4, -0.2) is 37.5 Å². The lowest BCUT2D eigenvalue weighted by atomic mass is 10.2. The first kappa shape index (κ1) is 16.0. The van der Waals surface area contributed by atoms with Gasteiger partial charge in [0.15, 0.2) is 0 Å². The van der Waals surface area contributed by atoms with E-state index in [1.165, 1.54) is 25.3 Å². The molecule has 1 aromatic heterocycles. The standard InChI is InChI=1S/C13H16N4O4S/c1-21-12-3-2-10(8-11(12)13(14)18)22(19,20)16-5-7-17-6-4-15-9-17/h2-4,6,8-9,16H,5,7H2,1H3,(H2,14,18). The third kappa shape index (κ3) is 3.62. The molecule has 0 aliphatic carbocycles. The number of amides is 1. The van der Waals surface area contributed by atoms with Crippen LogP contribution in [0.5, 0.6) is 5.75 Å². The Bertz CT molecular complexity index is 756. The number of methoxy groups -OCH3 is 1. The van der Waals surface area contributed by atoms with E-state index >= 15 is 0 Å². The second-order valence-electron chi connectivity index (χ2n) is 4.42. The van der Waals surface area contributed by atoms with Crippen molar-refractivity contribution in [1.82, 2.24) is 14.3 Å². The van der Waals surface area contributed by atoms with Gasteiger partial charge in [-0.25, -0.2) is 18.1 Å². The highest BCUT2D eigenvalue weighted by atomic mass is 32.2. The molecule has 8 nitrogen and oxygen atoms in total. The van der Waals surface area contributed by atoms with Crippen molar-refractivity contribution in [2.45, 2.75) is 11.4 Å². The highest BCUT2D eigenvalue weighted by Gasteiger charge is 2.18. The van der Waals surface area contributed by atoms with Crippen molar-refractivity contribution >= 4 is 15.9 Å². The molecule has 1 amide bonds. The lowest BCUT2D eigenvalue weighted by molar-refractivity contribution is 0.0997. The number of nitrogens with two attached hydrogens (primary N) is 1. The van der Waals surface area contributed by atoms with E-state index in [1.807, 2.05) is 0 Å². The second kappa shape index (κ2) is 6.58. The maximum Gasteiger partial charge on any atom is 0.252 e. The van der Waals surface area contributed by atoms with E-state index in [2.05, 4.69) is 9.71 Å². The molecule has 0 saturated carbocycles. The van der Waals surface area contributed by atoms with Gasteiger partial charge in [0.1, 0.15) is 5.75 Å². The molecule has 0 atom stereocenters. The summed E-state index contributed by atoms with van der Waals surface area (Å²) in [4.78, 5) is 15.2. The molecule has 118 valence electrons. The molecule has 0 aliphatic rings. The molecule has 0 fully saturated rings. The Kier molecular flexibility index (Phi) is 4.78. The minimum atomic E-state index is -3.74. The summed E-state index contributed by atoms with van der Waals surface area (Å²) in [6.45, 7) is 0.634. The van der Waals surface area contributed by atoms with E-state index in [1.54, 1.807) is 23.3 Å². The van der Waals surface area contributed by atoms with Crippen molar-refractivity contribution in [1.29, 1.82) is 0 Å². The molecule has 2 aromatic rings. The number of hydrogen-bond acceptors (Lipinski definition) is 5. The Balaban J connectivity index is 2.14. The van der Waals surface area contributed by atoms with Gasteiger partial charge < -0.3 is 15.0 Å². The number of nitrogens with zero attached hydrogens (tertiary/aromatic N) is 2. The van der Waals surface area contributed by atoms with Crippen LogP contribution in [0.1, 0.15) is 10.4 Å². The molecule has 3 N–H and O–H groups in total. The Morgan fingerprint density at radius 1 is 1.45 bits per heavy atom. The minimum Gasteiger partial charge on any atom is -0.496 e. The number of sulfonamides is 1. The molecule has 9 heteroatoms. The Morgan fingerprint density at radius 3 is 2.82 bits per heavy atom. The maximum atomic E-state index is 12.2. The number of ether oxygens (including phenoxy) is 1. The Hall–Kier alpha value is -2.39. The quantitative estimate of drug-likeness (QED) is 0.742. The molecule has 0 aliphatic heterocycles. The van der Waals surface area contributed by atoms with Gasteiger partial charge in [-0.2, -0.15) is 0 Å². The van der Waals surface area contributed by atoms with Gasteiger partial charge in [-0.05, 0) is 18.2 Å². The van der Waals surface area contributed by atoms with Gasteiger partial charge in [0.25, 0.3) is 5.91 Å². The molecule has 0 spiro atoms. The summed E-state index contributed by atoms with van der Waals surface area (Å²) in [5, 5.41) is 0. The summed E-state index contributed by atoms with van der Waals surface area (Å²) in [5.41, 5.74) is 5.24. The van der Waals surface area contributed by atoms with E-state index in [-0.39, 0.29) is 22.8 Å². The molecule has 22 heavy (non-hydrogen) atoms. The molecular weight excluding hydrogens is 308 g/mol. The molecule has 2 rings (SSSR count). The zero-order valence-electron chi connectivity index (χ0n) is 11.9. The largest absolute Gasteiger partial charge is 0.496 e. The second-order valence-corrected chi connectivity index (χ2v) is 6.19. The van der Waals surface area contributed by atoms with E-state index in [0.717, 1.165) is 0 Å². The Labute approximate surface area is 128 Å². The van der Waals surface area contributed by atoms with Crippen molar-refractivity contribution in [3.63, 3.8) is 0 Å². The summed E-state index contributed by atoms with van der Waals surface area (Å²) in [6, 6.07) is 3.94. The third-order valence-corrected chi connectivity index (χ3v) is 4.43. The Morgan fingerprint density at radius 2 is 2.23 bits per heavy atom. The van der Waals surface area contributed by atoms with Gasteiger partial charge in [-0.15, -0.1) is 0 Å². The first-order chi connectivity index (χ1) is 10.4. The molecule has 1 aromatic carbocycles. The average molecular weight is 324 g/mol. The van der Waals surface area contributed by atoms with Crippen molar-refractivity contribution in [3.05, 3.63) is 42.5 Å². The van der Waals surface area contributed by atoms with Crippen LogP contribution in [0.4, 0.5) is 0 Å². The molecule has 0 saturated heterocycles. The average Bonchev–Trinajstić information content (AvgIpc) is 2.99. The van der Waals surface area contributed by atoms with Crippen LogP contribution in [0.15, 0.2) is 41.8 Å². The van der Waals surface area contributed by atoms with E-state index in [4.69, 9.17) is 10.5 Å². The monoisotopic (exact) mass is 324 g/mol. The predicted molar refractivity (Wildman–Crippen MR) is 78.9 cm³/mol. The first-order valence-electron chi connectivity index (χ1n) is 6.37. The highest BCUT2D eigenvalue weighted by molar-refractivity contribution is 7.89.